The first-order chi connectivity index (χ1) is 8.62. The van der Waals surface area contributed by atoms with Crippen molar-refractivity contribution in [3.05, 3.63) is 28.8 Å². The Morgan fingerprint density at radius 1 is 1.16 bits per heavy atom. The van der Waals surface area contributed by atoms with Gasteiger partial charge < -0.3 is 10.2 Å². The molecule has 0 heterocycles. The molecule has 0 aliphatic heterocycles. The normalized spacial score (nSPS) is 11.4. The van der Waals surface area contributed by atoms with Gasteiger partial charge in [0.15, 0.2) is 5.78 Å². The second-order valence-corrected chi connectivity index (χ2v) is 5.78. The van der Waals surface area contributed by atoms with E-state index in [-0.39, 0.29) is 35.4 Å². The van der Waals surface area contributed by atoms with E-state index in [0.29, 0.717) is 5.56 Å². The summed E-state index contributed by atoms with van der Waals surface area (Å²) in [4.78, 5) is 22.5. The van der Waals surface area contributed by atoms with Crippen LogP contribution in [0.4, 0.5) is 0 Å². The molecule has 1 aromatic rings. The minimum atomic E-state index is -1.02. The van der Waals surface area contributed by atoms with E-state index in [1.807, 2.05) is 33.8 Å². The molecule has 0 bridgehead atoms. The molecule has 0 saturated carbocycles. The van der Waals surface area contributed by atoms with E-state index in [1.54, 1.807) is 6.07 Å². The molecule has 0 atom stereocenters. The minimum Gasteiger partial charge on any atom is -0.507 e. The maximum absolute atomic E-state index is 12.0. The van der Waals surface area contributed by atoms with Gasteiger partial charge in [0, 0.05) is 12.0 Å². The fourth-order valence-electron chi connectivity index (χ4n) is 1.92. The largest absolute Gasteiger partial charge is 0.507 e. The standard InChI is InChI=1S/C15H20O4/c1-9-7-10(12(16)5-6-13(17)18)14(19)11(8-9)15(2,3)4/h7-8,19H,5-6H2,1-4H3,(H,17,18). The first-order valence-electron chi connectivity index (χ1n) is 6.22. The smallest absolute Gasteiger partial charge is 0.303 e. The van der Waals surface area contributed by atoms with E-state index >= 15 is 0 Å². The molecule has 0 unspecified atom stereocenters. The van der Waals surface area contributed by atoms with Gasteiger partial charge in [-0.3, -0.25) is 9.59 Å². The van der Waals surface area contributed by atoms with Gasteiger partial charge in [0.2, 0.25) is 0 Å². The third-order valence-electron chi connectivity index (χ3n) is 2.93. The molecule has 2 N–H and O–H groups in total. The Bertz CT molecular complexity index is 510. The highest BCUT2D eigenvalue weighted by Crippen LogP contribution is 2.34. The number of phenolic OH excluding ortho intramolecular Hbond substituents is 1. The molecule has 0 fully saturated rings. The van der Waals surface area contributed by atoms with E-state index in [9.17, 15) is 14.7 Å². The van der Waals surface area contributed by atoms with E-state index < -0.39 is 5.97 Å². The number of aryl methyl sites for hydroxylation is 1. The fourth-order valence-corrected chi connectivity index (χ4v) is 1.92. The van der Waals surface area contributed by atoms with Crippen LogP contribution in [0.2, 0.25) is 0 Å². The van der Waals surface area contributed by atoms with Crippen LogP contribution in [0.3, 0.4) is 0 Å². The van der Waals surface area contributed by atoms with Crippen molar-refractivity contribution in [3.8, 4) is 5.75 Å². The van der Waals surface area contributed by atoms with Gasteiger partial charge in [-0.1, -0.05) is 26.8 Å². The molecule has 0 aliphatic rings. The number of ketones is 1. The summed E-state index contributed by atoms with van der Waals surface area (Å²) < 4.78 is 0. The zero-order chi connectivity index (χ0) is 14.8. The van der Waals surface area contributed by atoms with Crippen LogP contribution < -0.4 is 0 Å². The highest BCUT2D eigenvalue weighted by Gasteiger charge is 2.23. The van der Waals surface area contributed by atoms with Crippen LogP contribution in [-0.4, -0.2) is 22.0 Å². The number of aliphatic carboxylic acids is 1. The predicted octanol–water partition coefficient (Wildman–Crippen LogP) is 3.05. The Labute approximate surface area is 113 Å². The van der Waals surface area contributed by atoms with Crippen molar-refractivity contribution in [3.63, 3.8) is 0 Å². The summed E-state index contributed by atoms with van der Waals surface area (Å²) in [5.41, 5.74) is 1.51. The van der Waals surface area contributed by atoms with Gasteiger partial charge in [-0.15, -0.1) is 0 Å². The summed E-state index contributed by atoms with van der Waals surface area (Å²) in [6, 6.07) is 3.46. The van der Waals surface area contributed by atoms with Crippen LogP contribution in [0.15, 0.2) is 12.1 Å². The minimum absolute atomic E-state index is 0.0338. The Morgan fingerprint density at radius 2 is 1.74 bits per heavy atom. The lowest BCUT2D eigenvalue weighted by Gasteiger charge is -2.22. The Hall–Kier alpha value is -1.84. The number of carboxylic acid groups (broad SMARTS) is 1. The summed E-state index contributed by atoms with van der Waals surface area (Å²) in [6.45, 7) is 7.70. The van der Waals surface area contributed by atoms with E-state index in [4.69, 9.17) is 5.11 Å². The lowest BCUT2D eigenvalue weighted by atomic mass is 9.83. The van der Waals surface area contributed by atoms with E-state index in [1.165, 1.54) is 0 Å². The Kier molecular flexibility index (Phi) is 4.35. The first kappa shape index (κ1) is 15.2. The monoisotopic (exact) mass is 264 g/mol. The number of hydrogen-bond acceptors (Lipinski definition) is 3. The molecule has 0 saturated heterocycles. The topological polar surface area (TPSA) is 74.6 Å². The SMILES string of the molecule is Cc1cc(C(=O)CCC(=O)O)c(O)c(C(C)(C)C)c1. The summed E-state index contributed by atoms with van der Waals surface area (Å²) in [5.74, 6) is -1.39. The van der Waals surface area contributed by atoms with Crippen LogP contribution >= 0.6 is 0 Å². The molecule has 0 spiro atoms. The number of aromatic hydroxyl groups is 1. The highest BCUT2D eigenvalue weighted by atomic mass is 16.4. The van der Waals surface area contributed by atoms with Crippen LogP contribution in [0, 0.1) is 6.92 Å². The van der Waals surface area contributed by atoms with Crippen LogP contribution in [0.5, 0.6) is 5.75 Å². The van der Waals surface area contributed by atoms with Gasteiger partial charge in [0.05, 0.1) is 12.0 Å². The number of hydrogen-bond donors (Lipinski definition) is 2. The highest BCUT2D eigenvalue weighted by molar-refractivity contribution is 6.00. The van der Waals surface area contributed by atoms with Crippen molar-refractivity contribution in [1.29, 1.82) is 0 Å². The second-order valence-electron chi connectivity index (χ2n) is 5.78. The summed E-state index contributed by atoms with van der Waals surface area (Å²) in [6.07, 6.45) is -0.326. The maximum atomic E-state index is 12.0. The third kappa shape index (κ3) is 3.81. The molecule has 1 rings (SSSR count). The number of carbonyl (C=O) groups is 2. The van der Waals surface area contributed by atoms with Gasteiger partial charge in [0.25, 0.3) is 0 Å². The summed E-state index contributed by atoms with van der Waals surface area (Å²) in [7, 11) is 0. The zero-order valence-electron chi connectivity index (χ0n) is 11.8. The molecule has 1 aromatic carbocycles. The number of phenols is 1. The molecule has 104 valence electrons. The van der Waals surface area contributed by atoms with Crippen molar-refractivity contribution in [2.45, 2.75) is 46.0 Å². The number of carboxylic acids is 1. The molecule has 0 amide bonds. The van der Waals surface area contributed by atoms with Crippen molar-refractivity contribution in [2.24, 2.45) is 0 Å². The molecule has 19 heavy (non-hydrogen) atoms. The number of Topliss-reactive ketones (excluding diaryl/α,β-unsaturated/α-hetero) is 1. The molecule has 0 aromatic heterocycles. The van der Waals surface area contributed by atoms with Crippen LogP contribution in [0.1, 0.15) is 55.1 Å². The van der Waals surface area contributed by atoms with Gasteiger partial charge >= 0.3 is 5.97 Å². The second kappa shape index (κ2) is 5.43. The number of carbonyl (C=O) groups excluding carboxylic acids is 1. The third-order valence-corrected chi connectivity index (χ3v) is 2.93. The van der Waals surface area contributed by atoms with Crippen molar-refractivity contribution in [2.75, 3.05) is 0 Å². The Morgan fingerprint density at radius 3 is 2.21 bits per heavy atom. The van der Waals surface area contributed by atoms with Crippen LogP contribution in [-0.2, 0) is 10.2 Å². The molecule has 4 nitrogen and oxygen atoms in total. The molecule has 0 aliphatic carbocycles. The molecule has 0 radical (unpaired) electrons. The Balaban J connectivity index is 3.18. The van der Waals surface area contributed by atoms with Crippen molar-refractivity contribution < 1.29 is 19.8 Å². The maximum Gasteiger partial charge on any atom is 0.303 e. The quantitative estimate of drug-likeness (QED) is 0.820. The average molecular weight is 264 g/mol. The van der Waals surface area contributed by atoms with Gasteiger partial charge in [-0.05, 0) is 24.0 Å². The number of benzene rings is 1. The van der Waals surface area contributed by atoms with Crippen molar-refractivity contribution in [1.82, 2.24) is 0 Å². The summed E-state index contributed by atoms with van der Waals surface area (Å²) >= 11 is 0. The predicted molar refractivity (Wildman–Crippen MR) is 72.7 cm³/mol. The van der Waals surface area contributed by atoms with Crippen LogP contribution in [0.25, 0.3) is 0 Å². The summed E-state index contributed by atoms with van der Waals surface area (Å²) in [5, 5.41) is 18.8. The lowest BCUT2D eigenvalue weighted by Crippen LogP contribution is -2.14. The lowest BCUT2D eigenvalue weighted by molar-refractivity contribution is -0.136. The molecule has 4 heteroatoms. The zero-order valence-corrected chi connectivity index (χ0v) is 11.8. The van der Waals surface area contributed by atoms with E-state index in [0.717, 1.165) is 5.56 Å². The fraction of sp³-hybridized carbons (Fsp3) is 0.467. The first-order valence-corrected chi connectivity index (χ1v) is 6.22. The van der Waals surface area contributed by atoms with Gasteiger partial charge in [0.1, 0.15) is 5.75 Å². The molecular formula is C15H20O4. The average Bonchev–Trinajstić information content (AvgIpc) is 2.27. The van der Waals surface area contributed by atoms with Gasteiger partial charge in [-0.25, -0.2) is 0 Å². The number of rotatable bonds is 4. The van der Waals surface area contributed by atoms with Gasteiger partial charge in [-0.2, -0.15) is 0 Å². The van der Waals surface area contributed by atoms with E-state index in [2.05, 4.69) is 0 Å². The van der Waals surface area contributed by atoms with Crippen molar-refractivity contribution >= 4 is 11.8 Å². The molecular weight excluding hydrogens is 244 g/mol.